The number of nitrogens with zero attached hydrogens (tertiary/aromatic N) is 1. The van der Waals surface area contributed by atoms with Crippen molar-refractivity contribution in [3.8, 4) is 5.75 Å². The van der Waals surface area contributed by atoms with Crippen LogP contribution in [0.5, 0.6) is 5.75 Å². The molecule has 1 aliphatic carbocycles. The van der Waals surface area contributed by atoms with E-state index in [-0.39, 0.29) is 28.5 Å². The Morgan fingerprint density at radius 1 is 0.817 bits per heavy atom. The number of hydrogen-bond acceptors (Lipinski definition) is 8. The van der Waals surface area contributed by atoms with E-state index < -0.39 is 92.4 Å². The second kappa shape index (κ2) is 18.1. The first-order valence-electron chi connectivity index (χ1n) is 20.3. The summed E-state index contributed by atoms with van der Waals surface area (Å²) in [5, 5.41) is 16.0. The summed E-state index contributed by atoms with van der Waals surface area (Å²) in [6.07, 6.45) is 0.425. The first-order valence-corrected chi connectivity index (χ1v) is 21.8. The second-order valence-corrected chi connectivity index (χ2v) is 20.4. The van der Waals surface area contributed by atoms with Crippen molar-refractivity contribution in [3.05, 3.63) is 64.7 Å². The number of Topliss-reactive ketones (excluding diaryl/α,β-unsaturated/α-hetero) is 1. The molecule has 0 radical (unpaired) electrons. The Bertz CT molecular complexity index is 2070. The lowest BCUT2D eigenvalue weighted by Crippen LogP contribution is -2.59. The van der Waals surface area contributed by atoms with Crippen LogP contribution in [0.25, 0.3) is 6.08 Å². The lowest BCUT2D eigenvalue weighted by Gasteiger charge is -2.37. The van der Waals surface area contributed by atoms with Gasteiger partial charge in [0.05, 0.1) is 10.9 Å². The van der Waals surface area contributed by atoms with Crippen molar-refractivity contribution in [3.63, 3.8) is 0 Å². The lowest BCUT2D eigenvalue weighted by molar-refractivity contribution is -0.175. The number of hydrogen-bond donors (Lipinski definition) is 4. The normalized spacial score (nSPS) is 19.9. The molecule has 2 aromatic rings. The maximum Gasteiger partial charge on any atom is 0.452 e. The van der Waals surface area contributed by atoms with Crippen LogP contribution in [0.3, 0.4) is 0 Å². The first kappa shape index (κ1) is 47.9. The number of halogens is 3. The number of phenolic OH excluding ortho intramolecular Hbond substituents is 1. The highest BCUT2D eigenvalue weighted by Crippen LogP contribution is 2.42. The summed E-state index contributed by atoms with van der Waals surface area (Å²) in [5.74, 6) is -6.54. The molecule has 1 saturated carbocycles. The van der Waals surface area contributed by atoms with Gasteiger partial charge in [-0.15, -0.1) is 0 Å². The lowest BCUT2D eigenvalue weighted by atomic mass is 9.78. The molecule has 2 aromatic carbocycles. The third kappa shape index (κ3) is 11.1. The zero-order valence-electron chi connectivity index (χ0n) is 36.0. The molecule has 330 valence electrons. The number of alkyl halides is 3. The molecule has 60 heavy (non-hydrogen) atoms. The number of sulfonamides is 1. The van der Waals surface area contributed by atoms with Gasteiger partial charge in [-0.25, -0.2) is 13.1 Å². The molecule has 1 aliphatic heterocycles. The van der Waals surface area contributed by atoms with E-state index in [1.165, 1.54) is 37.0 Å². The van der Waals surface area contributed by atoms with Gasteiger partial charge in [-0.2, -0.15) is 13.2 Å². The van der Waals surface area contributed by atoms with Crippen LogP contribution in [-0.4, -0.2) is 78.2 Å². The highest BCUT2D eigenvalue weighted by Gasteiger charge is 2.51. The standard InChI is InChI=1S/C44H59F3N4O8S/c1-24(2)35(38(54)44(45,46)47)48-40(56)33-23-28-13-11-12-14-32(28)51(33)41(57)36(25(3)4)49-39(55)27-16-18-29(19-17-27)60(58,59)50-34(52)20-15-26-21-30(42(5,6)7)37(53)31(22-26)43(8,9)10/h15-22,24-25,28,32-33,35-36,53H,11-14,23H2,1-10H3,(H,48,56)(H,49,55)(H,50,52)/b20-15+/t28-,32-,33-,35?,36?/m1/s1. The number of ketones is 1. The second-order valence-electron chi connectivity index (χ2n) is 18.7. The van der Waals surface area contributed by atoms with E-state index in [4.69, 9.17) is 0 Å². The van der Waals surface area contributed by atoms with Crippen molar-refractivity contribution in [1.82, 2.24) is 20.3 Å². The maximum absolute atomic E-state index is 14.4. The van der Waals surface area contributed by atoms with E-state index in [0.717, 1.165) is 31.1 Å². The molecule has 4 rings (SSSR count). The Morgan fingerprint density at radius 3 is 1.85 bits per heavy atom. The van der Waals surface area contributed by atoms with Crippen LogP contribution >= 0.6 is 0 Å². The molecule has 5 atom stereocenters. The Hall–Kier alpha value is -4.73. The molecule has 4 N–H and O–H groups in total. The zero-order valence-corrected chi connectivity index (χ0v) is 36.8. The van der Waals surface area contributed by atoms with Gasteiger partial charge in [0.25, 0.3) is 27.6 Å². The van der Waals surface area contributed by atoms with Gasteiger partial charge in [-0.05, 0) is 95.9 Å². The molecule has 1 heterocycles. The number of phenols is 1. The first-order chi connectivity index (χ1) is 27.5. The third-order valence-electron chi connectivity index (χ3n) is 11.2. The van der Waals surface area contributed by atoms with E-state index in [2.05, 4.69) is 10.6 Å². The maximum atomic E-state index is 14.4. The van der Waals surface area contributed by atoms with Crippen molar-refractivity contribution in [2.24, 2.45) is 17.8 Å². The number of amides is 4. The molecular formula is C44H59F3N4O8S. The SMILES string of the molecule is CC(C)C(NC(=O)c1ccc(S(=O)(=O)NC(=O)/C=C/c2cc(C(C)(C)C)c(O)c(C(C)(C)C)c2)cc1)C(=O)N1[C@@H](C(=O)NC(C(=O)C(F)(F)F)C(C)C)C[C@H]2CCCC[C@H]21. The summed E-state index contributed by atoms with van der Waals surface area (Å²) in [4.78, 5) is 67.7. The van der Waals surface area contributed by atoms with E-state index >= 15 is 0 Å². The molecule has 4 amide bonds. The average molecular weight is 861 g/mol. The van der Waals surface area contributed by atoms with Gasteiger partial charge in [0.15, 0.2) is 0 Å². The van der Waals surface area contributed by atoms with Crippen molar-refractivity contribution >= 4 is 45.5 Å². The molecule has 2 aliphatic rings. The zero-order chi connectivity index (χ0) is 45.3. The number of rotatable bonds is 12. The highest BCUT2D eigenvalue weighted by atomic mass is 32.2. The number of fused-ring (bicyclic) bond motifs is 1. The molecule has 0 aromatic heterocycles. The molecule has 0 spiro atoms. The van der Waals surface area contributed by atoms with E-state index in [0.29, 0.717) is 29.5 Å². The van der Waals surface area contributed by atoms with Crippen LogP contribution in [0, 0.1) is 17.8 Å². The number of aromatic hydroxyl groups is 1. The summed E-state index contributed by atoms with van der Waals surface area (Å²) in [7, 11) is -4.40. The molecule has 12 nitrogen and oxygen atoms in total. The predicted molar refractivity (Wildman–Crippen MR) is 221 cm³/mol. The fraction of sp³-hybridized carbons (Fsp3) is 0.568. The van der Waals surface area contributed by atoms with E-state index in [1.807, 2.05) is 46.3 Å². The van der Waals surface area contributed by atoms with Crippen molar-refractivity contribution < 1.29 is 50.7 Å². The summed E-state index contributed by atoms with van der Waals surface area (Å²) in [5.41, 5.74) is 1.06. The minimum Gasteiger partial charge on any atom is -0.507 e. The highest BCUT2D eigenvalue weighted by molar-refractivity contribution is 7.90. The number of nitrogens with one attached hydrogen (secondary N) is 3. The van der Waals surface area contributed by atoms with Crippen LogP contribution in [-0.2, 0) is 40.0 Å². The monoisotopic (exact) mass is 860 g/mol. The fourth-order valence-corrected chi connectivity index (χ4v) is 8.89. The largest absolute Gasteiger partial charge is 0.507 e. The van der Waals surface area contributed by atoms with Crippen molar-refractivity contribution in [2.45, 2.75) is 147 Å². The Labute approximate surface area is 351 Å². The minimum absolute atomic E-state index is 0.00745. The Kier molecular flexibility index (Phi) is 14.5. The average Bonchev–Trinajstić information content (AvgIpc) is 3.53. The third-order valence-corrected chi connectivity index (χ3v) is 12.6. The van der Waals surface area contributed by atoms with Crippen LogP contribution in [0.15, 0.2) is 47.4 Å². The van der Waals surface area contributed by atoms with Crippen LogP contribution in [0.4, 0.5) is 13.2 Å². The molecular weight excluding hydrogens is 802 g/mol. The van der Waals surface area contributed by atoms with Gasteiger partial charge in [-0.1, -0.05) is 82.1 Å². The summed E-state index contributed by atoms with van der Waals surface area (Å²) in [6, 6.07) is 3.61. The van der Waals surface area contributed by atoms with Gasteiger partial charge in [0.1, 0.15) is 17.8 Å². The summed E-state index contributed by atoms with van der Waals surface area (Å²) in [6.45, 7) is 17.8. The number of carbonyl (C=O) groups is 5. The number of likely N-dealkylation sites (tertiary alicyclic amines) is 1. The van der Waals surface area contributed by atoms with Crippen LogP contribution < -0.4 is 15.4 Å². The van der Waals surface area contributed by atoms with Crippen LogP contribution in [0.2, 0.25) is 0 Å². The summed E-state index contributed by atoms with van der Waals surface area (Å²) >= 11 is 0. The van der Waals surface area contributed by atoms with Gasteiger partial charge in [0, 0.05) is 28.8 Å². The van der Waals surface area contributed by atoms with E-state index in [1.54, 1.807) is 26.0 Å². The number of benzene rings is 2. The number of carbonyl (C=O) groups excluding carboxylic acids is 5. The van der Waals surface area contributed by atoms with E-state index in [9.17, 15) is 50.7 Å². The molecule has 2 fully saturated rings. The Morgan fingerprint density at radius 2 is 1.35 bits per heavy atom. The van der Waals surface area contributed by atoms with Gasteiger partial charge in [-0.3, -0.25) is 24.0 Å². The van der Waals surface area contributed by atoms with Crippen molar-refractivity contribution in [2.75, 3.05) is 0 Å². The molecule has 2 unspecified atom stereocenters. The molecule has 0 bridgehead atoms. The quantitative estimate of drug-likeness (QED) is 0.171. The summed E-state index contributed by atoms with van der Waals surface area (Å²) < 4.78 is 68.7. The molecule has 1 saturated heterocycles. The topological polar surface area (TPSA) is 179 Å². The van der Waals surface area contributed by atoms with Crippen molar-refractivity contribution in [1.29, 1.82) is 0 Å². The van der Waals surface area contributed by atoms with Gasteiger partial charge >= 0.3 is 6.18 Å². The smallest absolute Gasteiger partial charge is 0.452 e. The van der Waals surface area contributed by atoms with Gasteiger partial charge in [0.2, 0.25) is 11.8 Å². The minimum atomic E-state index is -5.18. The van der Waals surface area contributed by atoms with Crippen LogP contribution in [0.1, 0.15) is 128 Å². The Balaban J connectivity index is 1.50. The van der Waals surface area contributed by atoms with Gasteiger partial charge < -0.3 is 20.6 Å². The fourth-order valence-electron chi connectivity index (χ4n) is 7.95. The molecule has 16 heteroatoms. The predicted octanol–water partition coefficient (Wildman–Crippen LogP) is 6.69.